The molecule has 25 heavy (non-hydrogen) atoms. The van der Waals surface area contributed by atoms with Crippen molar-refractivity contribution >= 4 is 28.3 Å². The van der Waals surface area contributed by atoms with Crippen LogP contribution in [0.3, 0.4) is 0 Å². The summed E-state index contributed by atoms with van der Waals surface area (Å²) in [6.07, 6.45) is 0. The molecular formula is C17H11FN2O4S. The van der Waals surface area contributed by atoms with Crippen LogP contribution < -0.4 is 0 Å². The maximum absolute atomic E-state index is 13.3. The zero-order chi connectivity index (χ0) is 17.4. The number of ether oxygens (including phenoxy) is 1. The normalized spacial score (nSPS) is 11.1. The predicted octanol–water partition coefficient (Wildman–Crippen LogP) is 4.35. The third-order valence-electron chi connectivity index (χ3n) is 3.66. The summed E-state index contributed by atoms with van der Waals surface area (Å²) in [6, 6.07) is 5.92. The molecule has 0 N–H and O–H groups in total. The summed E-state index contributed by atoms with van der Waals surface area (Å²) in [5, 5.41) is 8.16. The summed E-state index contributed by atoms with van der Waals surface area (Å²) in [5.41, 5.74) is 1.77. The van der Waals surface area contributed by atoms with Crippen LogP contribution in [0.5, 0.6) is 0 Å². The Hall–Kier alpha value is -3.00. The van der Waals surface area contributed by atoms with Gasteiger partial charge in [-0.25, -0.2) is 9.18 Å². The molecule has 0 unspecified atom stereocenters. The second kappa shape index (κ2) is 6.14. The van der Waals surface area contributed by atoms with Crippen LogP contribution in [0.2, 0.25) is 0 Å². The fraction of sp³-hybridized carbons (Fsp3) is 0.118. The molecule has 3 aromatic heterocycles. The molecule has 0 bridgehead atoms. The van der Waals surface area contributed by atoms with Crippen LogP contribution in [0.1, 0.15) is 22.0 Å². The van der Waals surface area contributed by atoms with Crippen LogP contribution in [-0.4, -0.2) is 16.1 Å². The Morgan fingerprint density at radius 2 is 2.24 bits per heavy atom. The van der Waals surface area contributed by atoms with Crippen molar-refractivity contribution in [1.29, 1.82) is 0 Å². The van der Waals surface area contributed by atoms with Gasteiger partial charge in [0.05, 0.1) is 0 Å². The quantitative estimate of drug-likeness (QED) is 0.505. The van der Waals surface area contributed by atoms with Gasteiger partial charge in [-0.3, -0.25) is 0 Å². The fourth-order valence-electron chi connectivity index (χ4n) is 2.40. The maximum atomic E-state index is 13.3. The second-order valence-electron chi connectivity index (χ2n) is 5.30. The second-order valence-corrected chi connectivity index (χ2v) is 6.08. The smallest absolute Gasteiger partial charge is 0.375 e. The molecule has 0 saturated carbocycles. The van der Waals surface area contributed by atoms with Gasteiger partial charge in [-0.2, -0.15) is 16.3 Å². The Morgan fingerprint density at radius 1 is 1.36 bits per heavy atom. The van der Waals surface area contributed by atoms with E-state index in [9.17, 15) is 9.18 Å². The molecule has 4 rings (SSSR count). The first-order valence-electron chi connectivity index (χ1n) is 7.33. The molecule has 1 aromatic carbocycles. The first-order chi connectivity index (χ1) is 12.1. The van der Waals surface area contributed by atoms with Crippen molar-refractivity contribution in [1.82, 2.24) is 10.1 Å². The first-order valence-corrected chi connectivity index (χ1v) is 8.27. The number of nitrogens with zero attached hydrogens (tertiary/aromatic N) is 2. The minimum atomic E-state index is -0.676. The number of fused-ring (bicyclic) bond motifs is 1. The first kappa shape index (κ1) is 15.5. The molecule has 126 valence electrons. The number of carbonyl (C=O) groups is 1. The number of aromatic nitrogens is 2. The molecule has 0 amide bonds. The van der Waals surface area contributed by atoms with E-state index in [-0.39, 0.29) is 18.3 Å². The van der Waals surface area contributed by atoms with Crippen LogP contribution in [0.25, 0.3) is 22.4 Å². The molecule has 0 radical (unpaired) electrons. The lowest BCUT2D eigenvalue weighted by atomic mass is 10.1. The van der Waals surface area contributed by atoms with E-state index < -0.39 is 11.8 Å². The topological polar surface area (TPSA) is 78.4 Å². The summed E-state index contributed by atoms with van der Waals surface area (Å²) in [6.45, 7) is 1.49. The fourth-order valence-corrected chi connectivity index (χ4v) is 3.04. The van der Waals surface area contributed by atoms with Crippen molar-refractivity contribution in [2.24, 2.45) is 0 Å². The molecule has 0 spiro atoms. The van der Waals surface area contributed by atoms with E-state index in [0.29, 0.717) is 22.4 Å². The molecule has 8 heteroatoms. The summed E-state index contributed by atoms with van der Waals surface area (Å²) in [7, 11) is 0. The summed E-state index contributed by atoms with van der Waals surface area (Å²) >= 11 is 1.52. The van der Waals surface area contributed by atoms with Gasteiger partial charge in [0, 0.05) is 21.9 Å². The minimum absolute atomic E-state index is 0.0261. The Kier molecular flexibility index (Phi) is 3.81. The maximum Gasteiger partial charge on any atom is 0.375 e. The molecule has 0 atom stereocenters. The summed E-state index contributed by atoms with van der Waals surface area (Å²) in [5.74, 6) is -0.442. The highest BCUT2D eigenvalue weighted by atomic mass is 32.1. The van der Waals surface area contributed by atoms with Gasteiger partial charge in [0.15, 0.2) is 6.61 Å². The molecule has 0 aliphatic heterocycles. The van der Waals surface area contributed by atoms with Gasteiger partial charge < -0.3 is 13.7 Å². The average molecular weight is 358 g/mol. The van der Waals surface area contributed by atoms with Crippen molar-refractivity contribution in [2.75, 3.05) is 0 Å². The van der Waals surface area contributed by atoms with Gasteiger partial charge in [0.2, 0.25) is 11.6 Å². The van der Waals surface area contributed by atoms with Crippen molar-refractivity contribution in [3.05, 3.63) is 58.1 Å². The van der Waals surface area contributed by atoms with E-state index in [4.69, 9.17) is 13.7 Å². The zero-order valence-electron chi connectivity index (χ0n) is 13.0. The van der Waals surface area contributed by atoms with Gasteiger partial charge in [-0.05, 0) is 36.6 Å². The standard InChI is InChI=1S/C17H11FN2O4S/c1-9-12-6-11(18)2-3-13(12)23-15(9)17(21)22-7-14-19-16(20-24-14)10-4-5-25-8-10/h2-6,8H,7H2,1H3. The third-order valence-corrected chi connectivity index (χ3v) is 4.34. The number of rotatable bonds is 4. The van der Waals surface area contributed by atoms with E-state index in [1.165, 1.54) is 29.5 Å². The lowest BCUT2D eigenvalue weighted by Crippen LogP contribution is -2.05. The zero-order valence-corrected chi connectivity index (χ0v) is 13.8. The van der Waals surface area contributed by atoms with Crippen LogP contribution in [0.15, 0.2) is 44.0 Å². The van der Waals surface area contributed by atoms with E-state index in [1.54, 1.807) is 6.92 Å². The lowest BCUT2D eigenvalue weighted by molar-refractivity contribution is 0.0395. The highest BCUT2D eigenvalue weighted by Gasteiger charge is 2.20. The van der Waals surface area contributed by atoms with Gasteiger partial charge in [0.1, 0.15) is 11.4 Å². The van der Waals surface area contributed by atoms with Gasteiger partial charge in [-0.1, -0.05) is 5.16 Å². The monoisotopic (exact) mass is 358 g/mol. The third kappa shape index (κ3) is 2.91. The lowest BCUT2D eigenvalue weighted by Gasteiger charge is -1.99. The van der Waals surface area contributed by atoms with E-state index in [0.717, 1.165) is 5.56 Å². The Labute approximate surface area is 144 Å². The molecule has 0 saturated heterocycles. The Morgan fingerprint density at radius 3 is 3.04 bits per heavy atom. The van der Waals surface area contributed by atoms with Crippen LogP contribution in [-0.2, 0) is 11.3 Å². The molecule has 0 aliphatic carbocycles. The van der Waals surface area contributed by atoms with Gasteiger partial charge in [0.25, 0.3) is 5.89 Å². The number of hydrogen-bond acceptors (Lipinski definition) is 7. The molecule has 3 heterocycles. The highest BCUT2D eigenvalue weighted by molar-refractivity contribution is 7.08. The number of benzene rings is 1. The number of furan rings is 1. The summed E-state index contributed by atoms with van der Waals surface area (Å²) in [4.78, 5) is 16.4. The number of halogens is 1. The highest BCUT2D eigenvalue weighted by Crippen LogP contribution is 2.27. The van der Waals surface area contributed by atoms with E-state index in [2.05, 4.69) is 10.1 Å². The molecule has 0 fully saturated rings. The largest absolute Gasteiger partial charge is 0.450 e. The molecule has 4 aromatic rings. The van der Waals surface area contributed by atoms with Gasteiger partial charge in [-0.15, -0.1) is 0 Å². The average Bonchev–Trinajstić information content (AvgIpc) is 3.33. The van der Waals surface area contributed by atoms with Crippen LogP contribution >= 0.6 is 11.3 Å². The predicted molar refractivity (Wildman–Crippen MR) is 87.6 cm³/mol. The SMILES string of the molecule is Cc1c(C(=O)OCc2nc(-c3ccsc3)no2)oc2ccc(F)cc12. The number of carbonyl (C=O) groups excluding carboxylic acids is 1. The number of esters is 1. The van der Waals surface area contributed by atoms with Crippen molar-refractivity contribution in [2.45, 2.75) is 13.5 Å². The molecule has 6 nitrogen and oxygen atoms in total. The number of aryl methyl sites for hydroxylation is 1. The van der Waals surface area contributed by atoms with E-state index in [1.807, 2.05) is 16.8 Å². The van der Waals surface area contributed by atoms with Crippen LogP contribution in [0, 0.1) is 12.7 Å². The Balaban J connectivity index is 1.50. The number of thiophene rings is 1. The summed E-state index contributed by atoms with van der Waals surface area (Å²) < 4.78 is 29.0. The Bertz CT molecular complexity index is 1050. The number of hydrogen-bond donors (Lipinski definition) is 0. The molecule has 0 aliphatic rings. The van der Waals surface area contributed by atoms with Crippen LogP contribution in [0.4, 0.5) is 4.39 Å². The van der Waals surface area contributed by atoms with Gasteiger partial charge >= 0.3 is 5.97 Å². The van der Waals surface area contributed by atoms with Crippen molar-refractivity contribution in [3.8, 4) is 11.4 Å². The minimum Gasteiger partial charge on any atom is -0.450 e. The molecular weight excluding hydrogens is 347 g/mol. The van der Waals surface area contributed by atoms with Crippen molar-refractivity contribution in [3.63, 3.8) is 0 Å². The van der Waals surface area contributed by atoms with E-state index >= 15 is 0 Å². The van der Waals surface area contributed by atoms with Crippen molar-refractivity contribution < 1.29 is 22.9 Å².